The molecule has 0 aromatic heterocycles. The highest BCUT2D eigenvalue weighted by Gasteiger charge is 2.27. The van der Waals surface area contributed by atoms with Crippen LogP contribution in [-0.4, -0.2) is 30.3 Å². The maximum absolute atomic E-state index is 10.5. The van der Waals surface area contributed by atoms with Crippen LogP contribution < -0.4 is 0 Å². The lowest BCUT2D eigenvalue weighted by Gasteiger charge is -2.38. The largest absolute Gasteiger partial charge is 0.303 e. The number of hydrogen-bond acceptors (Lipinski definition) is 2. The topological polar surface area (TPSA) is 20.3 Å². The predicted molar refractivity (Wildman–Crippen MR) is 45.5 cm³/mol. The highest BCUT2D eigenvalue weighted by atomic mass is 16.1. The molecule has 2 heteroatoms. The van der Waals surface area contributed by atoms with Crippen LogP contribution in [0, 0.1) is 5.92 Å². The Morgan fingerprint density at radius 3 is 2.09 bits per heavy atom. The van der Waals surface area contributed by atoms with Gasteiger partial charge in [0.1, 0.15) is 6.29 Å². The number of rotatable bonds is 1. The maximum Gasteiger partial charge on any atom is 0.123 e. The summed E-state index contributed by atoms with van der Waals surface area (Å²) in [7, 11) is 2.14. The van der Waals surface area contributed by atoms with Gasteiger partial charge in [-0.25, -0.2) is 0 Å². The lowest BCUT2D eigenvalue weighted by atomic mass is 9.89. The van der Waals surface area contributed by atoms with Crippen molar-refractivity contribution in [3.8, 4) is 0 Å². The lowest BCUT2D eigenvalue weighted by molar-refractivity contribution is -0.113. The van der Waals surface area contributed by atoms with Crippen LogP contribution in [0.3, 0.4) is 0 Å². The fraction of sp³-hybridized carbons (Fsp3) is 0.889. The zero-order valence-corrected chi connectivity index (χ0v) is 7.58. The monoisotopic (exact) mass is 155 g/mol. The van der Waals surface area contributed by atoms with E-state index in [4.69, 9.17) is 0 Å². The van der Waals surface area contributed by atoms with E-state index in [1.54, 1.807) is 0 Å². The van der Waals surface area contributed by atoms with Gasteiger partial charge in [-0.15, -0.1) is 0 Å². The Bertz CT molecular complexity index is 134. The number of aldehydes is 1. The Morgan fingerprint density at radius 2 is 1.73 bits per heavy atom. The highest BCUT2D eigenvalue weighted by molar-refractivity contribution is 5.53. The van der Waals surface area contributed by atoms with Crippen molar-refractivity contribution in [1.29, 1.82) is 0 Å². The van der Waals surface area contributed by atoms with Gasteiger partial charge in [0.15, 0.2) is 0 Å². The standard InChI is InChI=1S/C9H17NO/c1-7-4-9(6-11)5-8(2)10(7)3/h6-9H,4-5H2,1-3H3/t7-,8+,9?. The number of hydrogen-bond donors (Lipinski definition) is 0. The first-order valence-corrected chi connectivity index (χ1v) is 4.32. The Kier molecular flexibility index (Phi) is 2.66. The van der Waals surface area contributed by atoms with Gasteiger partial charge in [0, 0.05) is 18.0 Å². The van der Waals surface area contributed by atoms with Crippen LogP contribution in [0.25, 0.3) is 0 Å². The minimum atomic E-state index is 0.302. The molecule has 1 rings (SSSR count). The number of piperidine rings is 1. The van der Waals surface area contributed by atoms with Crippen molar-refractivity contribution in [3.63, 3.8) is 0 Å². The molecule has 0 bridgehead atoms. The Balaban J connectivity index is 2.54. The van der Waals surface area contributed by atoms with Crippen LogP contribution in [0.4, 0.5) is 0 Å². The van der Waals surface area contributed by atoms with Crippen LogP contribution in [0.15, 0.2) is 0 Å². The van der Waals surface area contributed by atoms with Gasteiger partial charge >= 0.3 is 0 Å². The van der Waals surface area contributed by atoms with Crippen molar-refractivity contribution < 1.29 is 4.79 Å². The third kappa shape index (κ3) is 1.80. The summed E-state index contributed by atoms with van der Waals surface area (Å²) in [6.45, 7) is 4.37. The predicted octanol–water partition coefficient (Wildman–Crippen LogP) is 1.30. The molecule has 64 valence electrons. The highest BCUT2D eigenvalue weighted by Crippen LogP contribution is 2.24. The fourth-order valence-electron chi connectivity index (χ4n) is 1.85. The smallest absolute Gasteiger partial charge is 0.123 e. The van der Waals surface area contributed by atoms with E-state index in [1.807, 2.05) is 0 Å². The number of likely N-dealkylation sites (tertiary alicyclic amines) is 1. The van der Waals surface area contributed by atoms with Crippen molar-refractivity contribution in [2.24, 2.45) is 5.92 Å². The number of carbonyl (C=O) groups excluding carboxylic acids is 1. The summed E-state index contributed by atoms with van der Waals surface area (Å²) in [6.07, 6.45) is 3.18. The van der Waals surface area contributed by atoms with Crippen LogP contribution in [0.1, 0.15) is 26.7 Å². The molecule has 3 atom stereocenters. The molecule has 0 aliphatic carbocycles. The van der Waals surface area contributed by atoms with Crippen molar-refractivity contribution in [2.75, 3.05) is 7.05 Å². The average molecular weight is 155 g/mol. The van der Waals surface area contributed by atoms with Crippen LogP contribution >= 0.6 is 0 Å². The third-order valence-electron chi connectivity index (χ3n) is 2.87. The van der Waals surface area contributed by atoms with Crippen molar-refractivity contribution >= 4 is 6.29 Å². The van der Waals surface area contributed by atoms with E-state index in [2.05, 4.69) is 25.8 Å². The zero-order valence-electron chi connectivity index (χ0n) is 7.58. The van der Waals surface area contributed by atoms with Crippen LogP contribution in [-0.2, 0) is 4.79 Å². The molecule has 0 amide bonds. The molecule has 0 spiro atoms. The minimum Gasteiger partial charge on any atom is -0.303 e. The molecule has 0 N–H and O–H groups in total. The molecule has 11 heavy (non-hydrogen) atoms. The zero-order chi connectivity index (χ0) is 8.43. The van der Waals surface area contributed by atoms with Gasteiger partial charge in [0.05, 0.1) is 0 Å². The molecular formula is C9H17NO. The van der Waals surface area contributed by atoms with E-state index in [0.717, 1.165) is 19.1 Å². The van der Waals surface area contributed by atoms with Gasteiger partial charge in [0.25, 0.3) is 0 Å². The van der Waals surface area contributed by atoms with Gasteiger partial charge in [-0.05, 0) is 33.7 Å². The fourth-order valence-corrected chi connectivity index (χ4v) is 1.85. The van der Waals surface area contributed by atoms with E-state index in [0.29, 0.717) is 18.0 Å². The van der Waals surface area contributed by atoms with Gasteiger partial charge in [-0.2, -0.15) is 0 Å². The SMILES string of the molecule is C[C@@H]1CC(C=O)C[C@H](C)N1C. The number of carbonyl (C=O) groups is 1. The first kappa shape index (κ1) is 8.72. The summed E-state index contributed by atoms with van der Waals surface area (Å²) >= 11 is 0. The van der Waals surface area contributed by atoms with Crippen molar-refractivity contribution in [3.05, 3.63) is 0 Å². The van der Waals surface area contributed by atoms with Gasteiger partial charge in [-0.1, -0.05) is 0 Å². The average Bonchev–Trinajstić information content (AvgIpc) is 1.99. The summed E-state index contributed by atoms with van der Waals surface area (Å²) in [5.41, 5.74) is 0. The van der Waals surface area contributed by atoms with E-state index in [1.165, 1.54) is 0 Å². The second kappa shape index (κ2) is 3.35. The molecule has 0 aromatic carbocycles. The summed E-state index contributed by atoms with van der Waals surface area (Å²) < 4.78 is 0. The quantitative estimate of drug-likeness (QED) is 0.532. The second-order valence-corrected chi connectivity index (χ2v) is 3.73. The molecular weight excluding hydrogens is 138 g/mol. The molecule has 1 aliphatic rings. The third-order valence-corrected chi connectivity index (χ3v) is 2.87. The first-order valence-electron chi connectivity index (χ1n) is 4.32. The molecule has 1 saturated heterocycles. The molecule has 0 aromatic rings. The van der Waals surface area contributed by atoms with Gasteiger partial charge in [0.2, 0.25) is 0 Å². The normalized spacial score (nSPS) is 40.5. The molecule has 0 saturated carbocycles. The summed E-state index contributed by atoms with van der Waals surface area (Å²) in [4.78, 5) is 12.9. The van der Waals surface area contributed by atoms with E-state index >= 15 is 0 Å². The second-order valence-electron chi connectivity index (χ2n) is 3.73. The maximum atomic E-state index is 10.5. The van der Waals surface area contributed by atoms with E-state index in [-0.39, 0.29) is 0 Å². The van der Waals surface area contributed by atoms with Crippen molar-refractivity contribution in [1.82, 2.24) is 4.90 Å². The van der Waals surface area contributed by atoms with Crippen LogP contribution in [0.5, 0.6) is 0 Å². The Labute approximate surface area is 68.6 Å². The van der Waals surface area contributed by atoms with Gasteiger partial charge < -0.3 is 9.69 Å². The van der Waals surface area contributed by atoms with Crippen molar-refractivity contribution in [2.45, 2.75) is 38.8 Å². The van der Waals surface area contributed by atoms with Crippen LogP contribution in [0.2, 0.25) is 0 Å². The first-order chi connectivity index (χ1) is 5.15. The molecule has 1 heterocycles. The molecule has 1 fully saturated rings. The minimum absolute atomic E-state index is 0.302. The molecule has 2 nitrogen and oxygen atoms in total. The molecule has 0 radical (unpaired) electrons. The molecule has 1 unspecified atom stereocenters. The van der Waals surface area contributed by atoms with E-state index in [9.17, 15) is 4.79 Å². The Morgan fingerprint density at radius 1 is 1.27 bits per heavy atom. The summed E-state index contributed by atoms with van der Waals surface area (Å²) in [6, 6.07) is 1.13. The Hall–Kier alpha value is -0.370. The summed E-state index contributed by atoms with van der Waals surface area (Å²) in [5, 5.41) is 0. The summed E-state index contributed by atoms with van der Waals surface area (Å²) in [5.74, 6) is 0.302. The lowest BCUT2D eigenvalue weighted by Crippen LogP contribution is -2.44. The molecule has 1 aliphatic heterocycles. The van der Waals surface area contributed by atoms with Gasteiger partial charge in [-0.3, -0.25) is 0 Å². The number of nitrogens with zero attached hydrogens (tertiary/aromatic N) is 1. The van der Waals surface area contributed by atoms with E-state index < -0.39 is 0 Å².